The Morgan fingerprint density at radius 1 is 1.12 bits per heavy atom. The smallest absolute Gasteiger partial charge is 0.142 e. The third kappa shape index (κ3) is 2.94. The highest BCUT2D eigenvalue weighted by Crippen LogP contribution is 2.40. The highest BCUT2D eigenvalue weighted by Gasteiger charge is 2.24. The zero-order valence-electron chi connectivity index (χ0n) is 14.6. The van der Waals surface area contributed by atoms with Crippen LogP contribution in [0.15, 0.2) is 18.2 Å². The number of aryl methyl sites for hydroxylation is 4. The van der Waals surface area contributed by atoms with Gasteiger partial charge in [-0.15, -0.1) is 11.6 Å². The Morgan fingerprint density at radius 3 is 2.42 bits per heavy atom. The maximum atomic E-state index is 6.69. The van der Waals surface area contributed by atoms with Crippen LogP contribution in [0.5, 0.6) is 0 Å². The zero-order valence-corrected chi connectivity index (χ0v) is 16.1. The van der Waals surface area contributed by atoms with Crippen molar-refractivity contribution in [3.05, 3.63) is 56.7 Å². The van der Waals surface area contributed by atoms with Crippen LogP contribution in [-0.4, -0.2) is 17.4 Å². The van der Waals surface area contributed by atoms with E-state index in [-0.39, 0.29) is 0 Å². The minimum atomic E-state index is 0.546. The summed E-state index contributed by atoms with van der Waals surface area (Å²) in [5.74, 6) is 1.48. The Labute approximate surface area is 154 Å². The molecule has 0 saturated carbocycles. The van der Waals surface area contributed by atoms with E-state index >= 15 is 0 Å². The van der Waals surface area contributed by atoms with Gasteiger partial charge in [0, 0.05) is 29.4 Å². The van der Waals surface area contributed by atoms with Crippen LogP contribution < -0.4 is 4.90 Å². The first-order valence-electron chi connectivity index (χ1n) is 8.21. The molecule has 0 spiro atoms. The molecule has 0 aliphatic carbocycles. The molecule has 3 rings (SSSR count). The van der Waals surface area contributed by atoms with Crippen LogP contribution in [0, 0.1) is 27.7 Å². The predicted molar refractivity (Wildman–Crippen MR) is 105 cm³/mol. The van der Waals surface area contributed by atoms with Crippen LogP contribution >= 0.6 is 23.2 Å². The molecule has 0 saturated heterocycles. The van der Waals surface area contributed by atoms with Crippen LogP contribution in [0.1, 0.15) is 33.5 Å². The number of alkyl halides is 1. The molecule has 0 bridgehead atoms. The average molecular weight is 361 g/mol. The maximum Gasteiger partial charge on any atom is 0.142 e. The van der Waals surface area contributed by atoms with E-state index in [1.165, 1.54) is 22.4 Å². The fourth-order valence-corrected chi connectivity index (χ4v) is 4.17. The first-order valence-corrected chi connectivity index (χ1v) is 9.12. The Bertz CT molecular complexity index is 802. The van der Waals surface area contributed by atoms with Crippen molar-refractivity contribution in [1.82, 2.24) is 4.98 Å². The summed E-state index contributed by atoms with van der Waals surface area (Å²) in [5, 5.41) is 0.779. The molecule has 0 fully saturated rings. The molecular formula is C20H22Cl2N2. The minimum Gasteiger partial charge on any atom is -0.321 e. The van der Waals surface area contributed by atoms with Crippen molar-refractivity contribution in [3.8, 4) is 0 Å². The van der Waals surface area contributed by atoms with Crippen molar-refractivity contribution in [1.29, 1.82) is 0 Å². The van der Waals surface area contributed by atoms with Gasteiger partial charge in [-0.25, -0.2) is 4.98 Å². The van der Waals surface area contributed by atoms with Gasteiger partial charge in [-0.2, -0.15) is 0 Å². The third-order valence-electron chi connectivity index (χ3n) is 4.53. The first-order chi connectivity index (χ1) is 11.4. The summed E-state index contributed by atoms with van der Waals surface area (Å²) in [6.45, 7) is 9.26. The lowest BCUT2D eigenvalue weighted by molar-refractivity contribution is 0.973. The number of halogens is 2. The molecule has 2 heterocycles. The molecule has 24 heavy (non-hydrogen) atoms. The van der Waals surface area contributed by atoms with Crippen molar-refractivity contribution >= 4 is 40.8 Å². The van der Waals surface area contributed by atoms with Gasteiger partial charge in [-0.05, 0) is 50.8 Å². The number of pyridine rings is 1. The predicted octanol–water partition coefficient (Wildman–Crippen LogP) is 5.91. The summed E-state index contributed by atoms with van der Waals surface area (Å²) in [7, 11) is 0. The van der Waals surface area contributed by atoms with E-state index in [0.717, 1.165) is 40.6 Å². The SMILES string of the molecule is Cc1cc(C)c(N2CC=Cc3c2nc(C)c(CCCl)c3Cl)c(C)c1. The summed E-state index contributed by atoms with van der Waals surface area (Å²) >= 11 is 12.6. The molecule has 0 unspecified atom stereocenters. The second-order valence-electron chi connectivity index (χ2n) is 6.43. The Kier molecular flexibility index (Phi) is 4.89. The topological polar surface area (TPSA) is 16.1 Å². The average Bonchev–Trinajstić information content (AvgIpc) is 2.51. The van der Waals surface area contributed by atoms with Gasteiger partial charge in [0.2, 0.25) is 0 Å². The quantitative estimate of drug-likeness (QED) is 0.632. The summed E-state index contributed by atoms with van der Waals surface area (Å²) in [5.41, 5.74) is 8.02. The normalized spacial score (nSPS) is 13.3. The van der Waals surface area contributed by atoms with E-state index in [1.54, 1.807) is 0 Å². The standard InChI is InChI=1S/C20H22Cl2N2/c1-12-10-13(2)19(14(3)11-12)24-9-5-6-17-18(22)16(7-8-21)15(4)23-20(17)24/h5-6,10-11H,7-9H2,1-4H3. The van der Waals surface area contributed by atoms with Crippen molar-refractivity contribution in [2.75, 3.05) is 17.3 Å². The monoisotopic (exact) mass is 360 g/mol. The summed E-state index contributed by atoms with van der Waals surface area (Å²) in [6, 6.07) is 4.44. The molecule has 0 N–H and O–H groups in total. The molecule has 1 aromatic heterocycles. The second kappa shape index (κ2) is 6.78. The van der Waals surface area contributed by atoms with Gasteiger partial charge in [-0.3, -0.25) is 0 Å². The highest BCUT2D eigenvalue weighted by molar-refractivity contribution is 6.33. The molecule has 2 nitrogen and oxygen atoms in total. The lowest BCUT2D eigenvalue weighted by atomic mass is 10.0. The first kappa shape index (κ1) is 17.3. The number of benzene rings is 1. The molecule has 0 atom stereocenters. The van der Waals surface area contributed by atoms with E-state index < -0.39 is 0 Å². The van der Waals surface area contributed by atoms with Crippen LogP contribution in [0.2, 0.25) is 5.02 Å². The Morgan fingerprint density at radius 2 is 1.79 bits per heavy atom. The highest BCUT2D eigenvalue weighted by atomic mass is 35.5. The molecule has 1 aliphatic heterocycles. The zero-order chi connectivity index (χ0) is 17.4. The molecule has 0 amide bonds. The number of fused-ring (bicyclic) bond motifs is 1. The van der Waals surface area contributed by atoms with Gasteiger partial charge < -0.3 is 4.90 Å². The fraction of sp³-hybridized carbons (Fsp3) is 0.350. The van der Waals surface area contributed by atoms with Gasteiger partial charge in [-0.1, -0.05) is 41.4 Å². The summed E-state index contributed by atoms with van der Waals surface area (Å²) < 4.78 is 0. The van der Waals surface area contributed by atoms with E-state index in [9.17, 15) is 0 Å². The van der Waals surface area contributed by atoms with E-state index in [1.807, 2.05) is 6.92 Å². The Balaban J connectivity index is 2.19. The molecule has 0 radical (unpaired) electrons. The summed E-state index contributed by atoms with van der Waals surface area (Å²) in [4.78, 5) is 7.15. The van der Waals surface area contributed by atoms with E-state index in [2.05, 4.69) is 50.0 Å². The lowest BCUT2D eigenvalue weighted by Crippen LogP contribution is -2.24. The van der Waals surface area contributed by atoms with Gasteiger partial charge in [0.1, 0.15) is 5.82 Å². The fourth-order valence-electron chi connectivity index (χ4n) is 3.60. The van der Waals surface area contributed by atoms with E-state index in [0.29, 0.717) is 5.88 Å². The lowest BCUT2D eigenvalue weighted by Gasteiger charge is -2.31. The molecule has 2 aromatic rings. The number of hydrogen-bond acceptors (Lipinski definition) is 2. The van der Waals surface area contributed by atoms with Gasteiger partial charge in [0.15, 0.2) is 0 Å². The van der Waals surface area contributed by atoms with Crippen LogP contribution in [0.25, 0.3) is 6.08 Å². The maximum absolute atomic E-state index is 6.69. The van der Waals surface area contributed by atoms with Crippen molar-refractivity contribution < 1.29 is 0 Å². The Hall–Kier alpha value is -1.51. The van der Waals surface area contributed by atoms with Crippen LogP contribution in [0.4, 0.5) is 11.5 Å². The minimum absolute atomic E-state index is 0.546. The van der Waals surface area contributed by atoms with Crippen LogP contribution in [-0.2, 0) is 6.42 Å². The number of hydrogen-bond donors (Lipinski definition) is 0. The summed E-state index contributed by atoms with van der Waals surface area (Å²) in [6.07, 6.45) is 4.97. The second-order valence-corrected chi connectivity index (χ2v) is 7.18. The number of nitrogens with zero attached hydrogens (tertiary/aromatic N) is 2. The van der Waals surface area contributed by atoms with Crippen molar-refractivity contribution in [3.63, 3.8) is 0 Å². The molecule has 1 aromatic carbocycles. The molecule has 4 heteroatoms. The van der Waals surface area contributed by atoms with Crippen molar-refractivity contribution in [2.24, 2.45) is 0 Å². The van der Waals surface area contributed by atoms with E-state index in [4.69, 9.17) is 28.2 Å². The number of anilines is 2. The number of rotatable bonds is 3. The van der Waals surface area contributed by atoms with Crippen molar-refractivity contribution in [2.45, 2.75) is 34.1 Å². The van der Waals surface area contributed by atoms with Gasteiger partial charge in [0.25, 0.3) is 0 Å². The molecular weight excluding hydrogens is 339 g/mol. The largest absolute Gasteiger partial charge is 0.321 e. The number of aromatic nitrogens is 1. The third-order valence-corrected chi connectivity index (χ3v) is 5.15. The van der Waals surface area contributed by atoms with Crippen LogP contribution in [0.3, 0.4) is 0 Å². The van der Waals surface area contributed by atoms with Gasteiger partial charge >= 0.3 is 0 Å². The molecule has 126 valence electrons. The van der Waals surface area contributed by atoms with Gasteiger partial charge in [0.05, 0.1) is 5.02 Å². The molecule has 1 aliphatic rings.